The van der Waals surface area contributed by atoms with E-state index in [2.05, 4.69) is 43.6 Å². The van der Waals surface area contributed by atoms with E-state index < -0.39 is 27.4 Å². The lowest BCUT2D eigenvalue weighted by molar-refractivity contribution is -0.0333. The summed E-state index contributed by atoms with van der Waals surface area (Å²) in [6.07, 6.45) is 2.56. The van der Waals surface area contributed by atoms with Crippen LogP contribution in [0.1, 0.15) is 34.0 Å². The highest BCUT2D eigenvalue weighted by Crippen LogP contribution is 2.22. The third kappa shape index (κ3) is 6.80. The average Bonchev–Trinajstić information content (AvgIpc) is 2.82. The molecule has 0 saturated carbocycles. The maximum Gasteiger partial charge on any atom is 0.293 e. The Labute approximate surface area is 210 Å². The van der Waals surface area contributed by atoms with Gasteiger partial charge < -0.3 is 14.8 Å². The van der Waals surface area contributed by atoms with Crippen LogP contribution in [-0.2, 0) is 27.7 Å². The van der Waals surface area contributed by atoms with Crippen molar-refractivity contribution in [1.82, 2.24) is 19.6 Å². The maximum absolute atomic E-state index is 11.9. The molecule has 1 aromatic heterocycles. The summed E-state index contributed by atoms with van der Waals surface area (Å²) < 4.78 is 31.7. The molecule has 36 heavy (non-hydrogen) atoms. The van der Waals surface area contributed by atoms with E-state index in [9.17, 15) is 18.3 Å². The molecule has 188 valence electrons. The number of nitrogens with zero attached hydrogens (tertiary/aromatic N) is 2. The Hall–Kier alpha value is -3.49. The third-order valence-corrected chi connectivity index (χ3v) is 6.65. The molecular weight excluding hydrogens is 480 g/mol. The first-order valence-corrected chi connectivity index (χ1v) is 13.3. The molecule has 2 heterocycles. The van der Waals surface area contributed by atoms with Crippen molar-refractivity contribution >= 4 is 10.0 Å². The molecule has 3 N–H and O–H groups in total. The topological polar surface area (TPSA) is 125 Å². The van der Waals surface area contributed by atoms with Gasteiger partial charge in [-0.05, 0) is 35.4 Å². The average molecular weight is 509 g/mol. The number of aromatic amines is 1. The maximum atomic E-state index is 11.9. The number of likely N-dealkylation sites (tertiary alicyclic amines) is 1. The smallest absolute Gasteiger partial charge is 0.293 e. The van der Waals surface area contributed by atoms with Crippen LogP contribution >= 0.6 is 0 Å². The summed E-state index contributed by atoms with van der Waals surface area (Å²) in [6, 6.07) is 14.6. The zero-order valence-electron chi connectivity index (χ0n) is 20.1. The van der Waals surface area contributed by atoms with E-state index in [0.717, 1.165) is 37.0 Å². The van der Waals surface area contributed by atoms with E-state index >= 15 is 0 Å². The minimum atomic E-state index is -3.57. The number of sulfonamides is 1. The summed E-state index contributed by atoms with van der Waals surface area (Å²) in [5.41, 5.74) is 2.96. The van der Waals surface area contributed by atoms with E-state index in [0.29, 0.717) is 11.7 Å². The lowest BCUT2D eigenvalue weighted by atomic mass is 10.0. The van der Waals surface area contributed by atoms with Crippen LogP contribution in [0.25, 0.3) is 0 Å². The first-order valence-electron chi connectivity index (χ1n) is 11.4. The fourth-order valence-electron chi connectivity index (χ4n) is 3.95. The number of hydrogen-bond donors (Lipinski definition) is 3. The normalized spacial score (nSPS) is 15.1. The van der Waals surface area contributed by atoms with Crippen LogP contribution in [0.15, 0.2) is 59.7 Å². The summed E-state index contributed by atoms with van der Waals surface area (Å²) in [5.74, 6) is 5.74. The van der Waals surface area contributed by atoms with Crippen molar-refractivity contribution in [1.29, 1.82) is 0 Å². The fourth-order valence-corrected chi connectivity index (χ4v) is 4.69. The number of hydrogen-bond acceptors (Lipinski definition) is 7. The van der Waals surface area contributed by atoms with Crippen LogP contribution in [0.4, 0.5) is 0 Å². The largest absolute Gasteiger partial charge is 0.502 e. The van der Waals surface area contributed by atoms with Crippen LogP contribution in [0, 0.1) is 11.8 Å². The fraction of sp³-hybridized carbons (Fsp3) is 0.308. The summed E-state index contributed by atoms with van der Waals surface area (Å²) in [4.78, 5) is 20.3. The number of rotatable bonds is 8. The molecule has 4 rings (SSSR count). The third-order valence-electron chi connectivity index (χ3n) is 5.94. The van der Waals surface area contributed by atoms with Gasteiger partial charge in [0.15, 0.2) is 0 Å². The SMILES string of the molecule is COC1CN(Cc2ccc(C#Cc3ccc(C(Cc4nc[nH]c(=O)c4O)NS(C)(=O)=O)cc3)cc2)C1. The zero-order valence-corrected chi connectivity index (χ0v) is 20.9. The molecule has 0 radical (unpaired) electrons. The molecule has 0 amide bonds. The molecule has 1 unspecified atom stereocenters. The van der Waals surface area contributed by atoms with Crippen LogP contribution in [-0.4, -0.2) is 61.0 Å². The number of ether oxygens (including phenoxy) is 1. The van der Waals surface area contributed by atoms with Crippen molar-refractivity contribution in [3.63, 3.8) is 0 Å². The van der Waals surface area contributed by atoms with Crippen molar-refractivity contribution in [3.8, 4) is 17.6 Å². The van der Waals surface area contributed by atoms with Gasteiger partial charge in [-0.1, -0.05) is 36.1 Å². The van der Waals surface area contributed by atoms with Gasteiger partial charge in [0.2, 0.25) is 15.8 Å². The minimum Gasteiger partial charge on any atom is -0.502 e. The monoisotopic (exact) mass is 508 g/mol. The quantitative estimate of drug-likeness (QED) is 0.394. The molecule has 1 aliphatic rings. The Kier molecular flexibility index (Phi) is 7.86. The minimum absolute atomic E-state index is 0.00372. The number of H-pyrrole nitrogens is 1. The Morgan fingerprint density at radius 2 is 1.75 bits per heavy atom. The number of nitrogens with one attached hydrogen (secondary N) is 2. The molecule has 9 nitrogen and oxygen atoms in total. The molecule has 1 aliphatic heterocycles. The summed E-state index contributed by atoms with van der Waals surface area (Å²) in [7, 11) is -1.83. The second-order valence-electron chi connectivity index (χ2n) is 8.79. The molecular formula is C26H28N4O5S. The molecule has 0 bridgehead atoms. The van der Waals surface area contributed by atoms with Gasteiger partial charge in [-0.3, -0.25) is 9.69 Å². The number of aromatic nitrogens is 2. The van der Waals surface area contributed by atoms with Gasteiger partial charge in [0.25, 0.3) is 5.56 Å². The zero-order chi connectivity index (χ0) is 25.7. The lowest BCUT2D eigenvalue weighted by Gasteiger charge is -2.38. The van der Waals surface area contributed by atoms with Crippen molar-refractivity contribution < 1.29 is 18.3 Å². The van der Waals surface area contributed by atoms with Crippen molar-refractivity contribution in [3.05, 3.63) is 93.2 Å². The molecule has 1 atom stereocenters. The van der Waals surface area contributed by atoms with Gasteiger partial charge in [-0.2, -0.15) is 0 Å². The van der Waals surface area contributed by atoms with Crippen LogP contribution in [0.3, 0.4) is 0 Å². The van der Waals surface area contributed by atoms with Crippen molar-refractivity contribution in [2.45, 2.75) is 25.1 Å². The molecule has 0 aliphatic carbocycles. The number of methoxy groups -OCH3 is 1. The van der Waals surface area contributed by atoms with Crippen molar-refractivity contribution in [2.24, 2.45) is 0 Å². The van der Waals surface area contributed by atoms with Gasteiger partial charge >= 0.3 is 0 Å². The van der Waals surface area contributed by atoms with Gasteiger partial charge in [-0.15, -0.1) is 0 Å². The van der Waals surface area contributed by atoms with Crippen molar-refractivity contribution in [2.75, 3.05) is 26.5 Å². The predicted octanol–water partition coefficient (Wildman–Crippen LogP) is 1.54. The first kappa shape index (κ1) is 25.6. The van der Waals surface area contributed by atoms with E-state index in [4.69, 9.17) is 4.74 Å². The summed E-state index contributed by atoms with van der Waals surface area (Å²) in [6.45, 7) is 2.80. The Balaban J connectivity index is 1.44. The number of aromatic hydroxyl groups is 1. The molecule has 10 heteroatoms. The highest BCUT2D eigenvalue weighted by molar-refractivity contribution is 7.88. The molecule has 2 aromatic carbocycles. The van der Waals surface area contributed by atoms with E-state index in [1.54, 1.807) is 31.4 Å². The van der Waals surface area contributed by atoms with Crippen LogP contribution < -0.4 is 10.3 Å². The standard InChI is InChI=1S/C26H28N4O5S/c1-35-22-15-30(16-22)14-20-7-5-18(6-8-20)3-4-19-9-11-21(12-10-19)23(29-36(2,33)34)13-24-25(31)26(32)28-17-27-24/h5-12,17,22-23,29,31H,13-16H2,1-2H3,(H,27,28,32). The second kappa shape index (κ2) is 11.1. The molecule has 1 saturated heterocycles. The number of benzene rings is 2. The molecule has 0 spiro atoms. The van der Waals surface area contributed by atoms with E-state index in [-0.39, 0.29) is 12.1 Å². The predicted molar refractivity (Wildman–Crippen MR) is 136 cm³/mol. The Bertz CT molecular complexity index is 1420. The van der Waals surface area contributed by atoms with Gasteiger partial charge in [0, 0.05) is 44.3 Å². The lowest BCUT2D eigenvalue weighted by Crippen LogP contribution is -2.50. The van der Waals surface area contributed by atoms with E-state index in [1.165, 1.54) is 11.9 Å². The second-order valence-corrected chi connectivity index (χ2v) is 10.6. The Morgan fingerprint density at radius 3 is 2.33 bits per heavy atom. The summed E-state index contributed by atoms with van der Waals surface area (Å²) >= 11 is 0. The molecule has 3 aromatic rings. The first-order chi connectivity index (χ1) is 17.2. The van der Waals surface area contributed by atoms with Gasteiger partial charge in [-0.25, -0.2) is 18.1 Å². The highest BCUT2D eigenvalue weighted by Gasteiger charge is 2.25. The molecule has 1 fully saturated rings. The van der Waals surface area contributed by atoms with E-state index in [1.807, 2.05) is 12.1 Å². The summed E-state index contributed by atoms with van der Waals surface area (Å²) in [5, 5.41) is 10.0. The van der Waals surface area contributed by atoms with Crippen LogP contribution in [0.2, 0.25) is 0 Å². The van der Waals surface area contributed by atoms with Gasteiger partial charge in [0.1, 0.15) is 0 Å². The highest BCUT2D eigenvalue weighted by atomic mass is 32.2. The Morgan fingerprint density at radius 1 is 1.14 bits per heavy atom. The van der Waals surface area contributed by atoms with Crippen LogP contribution in [0.5, 0.6) is 5.75 Å². The van der Waals surface area contributed by atoms with Gasteiger partial charge in [0.05, 0.1) is 30.4 Å².